The smallest absolute Gasteiger partial charge is 0.338 e. The lowest BCUT2D eigenvalue weighted by molar-refractivity contribution is 0.0498. The fraction of sp³-hybridized carbons (Fsp3) is 0.632. The lowest BCUT2D eigenvalue weighted by Gasteiger charge is -2.16. The van der Waals surface area contributed by atoms with Gasteiger partial charge in [0.25, 0.3) is 0 Å². The summed E-state index contributed by atoms with van der Waals surface area (Å²) in [5.74, 6) is -0.200. The van der Waals surface area contributed by atoms with Gasteiger partial charge in [0.05, 0.1) is 12.2 Å². The molecule has 0 aliphatic carbocycles. The van der Waals surface area contributed by atoms with Crippen LogP contribution in [0.15, 0.2) is 12.1 Å². The van der Waals surface area contributed by atoms with Crippen molar-refractivity contribution >= 4 is 17.6 Å². The summed E-state index contributed by atoms with van der Waals surface area (Å²) in [7, 11) is 0. The van der Waals surface area contributed by atoms with Crippen molar-refractivity contribution in [3.8, 4) is 0 Å². The molecule has 0 N–H and O–H groups in total. The Bertz CT molecular complexity index is 469. The summed E-state index contributed by atoms with van der Waals surface area (Å²) >= 11 is 6.40. The van der Waals surface area contributed by atoms with E-state index in [1.807, 2.05) is 12.1 Å². The Hall–Kier alpha value is -1.02. The monoisotopic (exact) mass is 324 g/mol. The average Bonchev–Trinajstić information content (AvgIpc) is 2.52. The van der Waals surface area contributed by atoms with Gasteiger partial charge in [-0.05, 0) is 55.4 Å². The number of hydrogen-bond donors (Lipinski definition) is 0. The minimum Gasteiger partial charge on any atom is -0.462 e. The first-order valence-corrected chi connectivity index (χ1v) is 9.00. The van der Waals surface area contributed by atoms with Crippen LogP contribution in [0.25, 0.3) is 0 Å². The minimum atomic E-state index is -0.200. The Kier molecular flexibility index (Phi) is 9.22. The second kappa shape index (κ2) is 10.7. The van der Waals surface area contributed by atoms with Gasteiger partial charge in [-0.3, -0.25) is 0 Å². The van der Waals surface area contributed by atoms with Crippen LogP contribution in [-0.2, 0) is 17.6 Å². The molecule has 0 spiro atoms. The van der Waals surface area contributed by atoms with Gasteiger partial charge in [0.1, 0.15) is 0 Å². The molecule has 0 saturated carbocycles. The number of hydrogen-bond acceptors (Lipinski definition) is 2. The number of carbonyl (C=O) groups is 1. The molecule has 0 saturated heterocycles. The predicted molar refractivity (Wildman–Crippen MR) is 93.9 cm³/mol. The molecule has 124 valence electrons. The van der Waals surface area contributed by atoms with E-state index in [0.717, 1.165) is 67.5 Å². The molecule has 0 bridgehead atoms. The van der Waals surface area contributed by atoms with Crippen molar-refractivity contribution in [1.29, 1.82) is 0 Å². The highest BCUT2D eigenvalue weighted by Crippen LogP contribution is 2.27. The topological polar surface area (TPSA) is 26.3 Å². The van der Waals surface area contributed by atoms with Crippen molar-refractivity contribution in [2.75, 3.05) is 6.61 Å². The van der Waals surface area contributed by atoms with Crippen LogP contribution in [0.5, 0.6) is 0 Å². The number of esters is 1. The molecule has 0 heterocycles. The summed E-state index contributed by atoms with van der Waals surface area (Å²) in [6.45, 7) is 6.92. The molecular formula is C19H29ClO2. The maximum Gasteiger partial charge on any atom is 0.338 e. The third-order valence-electron chi connectivity index (χ3n) is 3.89. The van der Waals surface area contributed by atoms with E-state index >= 15 is 0 Å². The van der Waals surface area contributed by atoms with E-state index < -0.39 is 0 Å². The summed E-state index contributed by atoms with van der Waals surface area (Å²) in [5.41, 5.74) is 2.95. The molecule has 0 aromatic heterocycles. The number of carbonyl (C=O) groups excluding carboxylic acids is 1. The van der Waals surface area contributed by atoms with E-state index in [4.69, 9.17) is 16.3 Å². The van der Waals surface area contributed by atoms with Crippen LogP contribution in [0.4, 0.5) is 0 Å². The number of ether oxygens (including phenoxy) is 1. The molecule has 0 unspecified atom stereocenters. The van der Waals surface area contributed by atoms with Crippen LogP contribution in [0.2, 0.25) is 5.02 Å². The maximum absolute atomic E-state index is 12.4. The number of rotatable bonds is 10. The lowest BCUT2D eigenvalue weighted by atomic mass is 9.93. The standard InChI is InChI=1S/C19H29ClO2/c1-4-7-10-15-16(11-8-5-2)18(20)13-12-17(15)19(21)22-14-9-6-3/h12-13H,4-11,14H2,1-3H3. The Morgan fingerprint density at radius 3 is 2.14 bits per heavy atom. The third-order valence-corrected chi connectivity index (χ3v) is 4.24. The summed E-state index contributed by atoms with van der Waals surface area (Å²) in [6.07, 6.45) is 8.14. The van der Waals surface area contributed by atoms with Crippen LogP contribution < -0.4 is 0 Å². The second-order valence-electron chi connectivity index (χ2n) is 5.75. The van der Waals surface area contributed by atoms with Gasteiger partial charge in [-0.25, -0.2) is 4.79 Å². The highest BCUT2D eigenvalue weighted by molar-refractivity contribution is 6.31. The van der Waals surface area contributed by atoms with Gasteiger partial charge >= 0.3 is 5.97 Å². The SMILES string of the molecule is CCCCOC(=O)c1ccc(Cl)c(CCCC)c1CCCC. The van der Waals surface area contributed by atoms with Crippen molar-refractivity contribution in [2.45, 2.75) is 72.1 Å². The summed E-state index contributed by atoms with van der Waals surface area (Å²) in [4.78, 5) is 12.4. The molecule has 1 rings (SSSR count). The van der Waals surface area contributed by atoms with Gasteiger partial charge in [-0.15, -0.1) is 0 Å². The zero-order valence-electron chi connectivity index (χ0n) is 14.2. The van der Waals surface area contributed by atoms with Crippen molar-refractivity contribution in [3.63, 3.8) is 0 Å². The maximum atomic E-state index is 12.4. The van der Waals surface area contributed by atoms with Crippen molar-refractivity contribution in [1.82, 2.24) is 0 Å². The lowest BCUT2D eigenvalue weighted by Crippen LogP contribution is -2.12. The molecular weight excluding hydrogens is 296 g/mol. The molecule has 0 atom stereocenters. The fourth-order valence-corrected chi connectivity index (χ4v) is 2.78. The molecule has 0 radical (unpaired) electrons. The predicted octanol–water partition coefficient (Wildman–Crippen LogP) is 5.98. The molecule has 0 aliphatic rings. The normalized spacial score (nSPS) is 10.7. The van der Waals surface area contributed by atoms with E-state index in [-0.39, 0.29) is 5.97 Å². The fourth-order valence-electron chi connectivity index (χ4n) is 2.51. The van der Waals surface area contributed by atoms with E-state index in [1.54, 1.807) is 0 Å². The van der Waals surface area contributed by atoms with Crippen molar-refractivity contribution < 1.29 is 9.53 Å². The van der Waals surface area contributed by atoms with Gasteiger partial charge in [-0.2, -0.15) is 0 Å². The Morgan fingerprint density at radius 1 is 0.955 bits per heavy atom. The van der Waals surface area contributed by atoms with E-state index in [2.05, 4.69) is 20.8 Å². The Morgan fingerprint density at radius 2 is 1.55 bits per heavy atom. The first-order chi connectivity index (χ1) is 10.7. The highest BCUT2D eigenvalue weighted by atomic mass is 35.5. The number of benzene rings is 1. The molecule has 2 nitrogen and oxygen atoms in total. The Labute approximate surface area is 140 Å². The minimum absolute atomic E-state index is 0.200. The Balaban J connectivity index is 3.04. The molecule has 3 heteroatoms. The van der Waals surface area contributed by atoms with Crippen molar-refractivity contribution in [3.05, 3.63) is 33.8 Å². The first kappa shape index (κ1) is 19.0. The quantitative estimate of drug-likeness (QED) is 0.391. The van der Waals surface area contributed by atoms with E-state index in [0.29, 0.717) is 12.2 Å². The first-order valence-electron chi connectivity index (χ1n) is 8.63. The zero-order valence-corrected chi connectivity index (χ0v) is 15.0. The molecule has 0 fully saturated rings. The molecule has 22 heavy (non-hydrogen) atoms. The van der Waals surface area contributed by atoms with E-state index in [1.165, 1.54) is 0 Å². The van der Waals surface area contributed by atoms with Crippen LogP contribution in [-0.4, -0.2) is 12.6 Å². The third kappa shape index (κ3) is 5.64. The highest BCUT2D eigenvalue weighted by Gasteiger charge is 2.18. The van der Waals surface area contributed by atoms with Gasteiger partial charge in [0.15, 0.2) is 0 Å². The molecule has 0 amide bonds. The number of halogens is 1. The van der Waals surface area contributed by atoms with Gasteiger partial charge in [0.2, 0.25) is 0 Å². The van der Waals surface area contributed by atoms with Gasteiger partial charge < -0.3 is 4.74 Å². The molecule has 1 aromatic carbocycles. The number of unbranched alkanes of at least 4 members (excludes halogenated alkanes) is 3. The van der Waals surface area contributed by atoms with Gasteiger partial charge in [0, 0.05) is 5.02 Å². The summed E-state index contributed by atoms with van der Waals surface area (Å²) in [5, 5.41) is 0.782. The van der Waals surface area contributed by atoms with Crippen LogP contribution in [0, 0.1) is 0 Å². The van der Waals surface area contributed by atoms with E-state index in [9.17, 15) is 4.79 Å². The zero-order chi connectivity index (χ0) is 16.4. The van der Waals surface area contributed by atoms with Gasteiger partial charge in [-0.1, -0.05) is 51.6 Å². The van der Waals surface area contributed by atoms with Crippen LogP contribution >= 0.6 is 11.6 Å². The summed E-state index contributed by atoms with van der Waals surface area (Å²) < 4.78 is 5.41. The summed E-state index contributed by atoms with van der Waals surface area (Å²) in [6, 6.07) is 3.68. The van der Waals surface area contributed by atoms with Crippen LogP contribution in [0.3, 0.4) is 0 Å². The largest absolute Gasteiger partial charge is 0.462 e. The van der Waals surface area contributed by atoms with Crippen molar-refractivity contribution in [2.24, 2.45) is 0 Å². The average molecular weight is 325 g/mol. The van der Waals surface area contributed by atoms with Crippen LogP contribution in [0.1, 0.15) is 80.8 Å². The second-order valence-corrected chi connectivity index (χ2v) is 6.16. The molecule has 0 aliphatic heterocycles. The molecule has 1 aromatic rings.